The van der Waals surface area contributed by atoms with Gasteiger partial charge >= 0.3 is 0 Å². The number of hydrogen-bond donors (Lipinski definition) is 0. The van der Waals surface area contributed by atoms with E-state index in [-0.39, 0.29) is 5.38 Å². The van der Waals surface area contributed by atoms with Gasteiger partial charge in [0.25, 0.3) is 0 Å². The van der Waals surface area contributed by atoms with Gasteiger partial charge in [-0.05, 0) is 25.7 Å². The third kappa shape index (κ3) is 12.6. The minimum Gasteiger partial charge on any atom is -0.379 e. The molecule has 0 saturated heterocycles. The van der Waals surface area contributed by atoms with Crippen LogP contribution in [0.25, 0.3) is 0 Å². The molecule has 110 valence electrons. The van der Waals surface area contributed by atoms with Crippen molar-refractivity contribution in [3.05, 3.63) is 0 Å². The molecule has 0 aliphatic carbocycles. The highest BCUT2D eigenvalue weighted by Crippen LogP contribution is 2.12. The Morgan fingerprint density at radius 3 is 1.83 bits per heavy atom. The van der Waals surface area contributed by atoms with Crippen LogP contribution in [-0.4, -0.2) is 45.0 Å². The summed E-state index contributed by atoms with van der Waals surface area (Å²) in [6.07, 6.45) is 3.30. The van der Waals surface area contributed by atoms with Gasteiger partial charge in [-0.2, -0.15) is 0 Å². The first-order chi connectivity index (χ1) is 8.68. The van der Waals surface area contributed by atoms with Crippen molar-refractivity contribution in [3.63, 3.8) is 0 Å². The molecule has 0 N–H and O–H groups in total. The van der Waals surface area contributed by atoms with Crippen LogP contribution in [0.5, 0.6) is 0 Å². The minimum absolute atomic E-state index is 0.213. The van der Waals surface area contributed by atoms with E-state index in [9.17, 15) is 0 Å². The van der Waals surface area contributed by atoms with Gasteiger partial charge in [-0.1, -0.05) is 20.3 Å². The maximum absolute atomic E-state index is 5.97. The molecule has 4 heteroatoms. The molecule has 0 spiro atoms. The monoisotopic (exact) mass is 280 g/mol. The highest BCUT2D eigenvalue weighted by molar-refractivity contribution is 6.20. The van der Waals surface area contributed by atoms with Crippen LogP contribution in [0.2, 0.25) is 0 Å². The number of alkyl halides is 1. The van der Waals surface area contributed by atoms with Crippen LogP contribution in [0.1, 0.15) is 40.0 Å². The van der Waals surface area contributed by atoms with Gasteiger partial charge in [-0.25, -0.2) is 0 Å². The van der Waals surface area contributed by atoms with Crippen LogP contribution >= 0.6 is 11.6 Å². The van der Waals surface area contributed by atoms with Gasteiger partial charge < -0.3 is 14.2 Å². The summed E-state index contributed by atoms with van der Waals surface area (Å²) in [7, 11) is 0. The third-order valence-corrected chi connectivity index (χ3v) is 3.32. The molecule has 0 aromatic carbocycles. The predicted molar refractivity (Wildman–Crippen MR) is 76.5 cm³/mol. The highest BCUT2D eigenvalue weighted by atomic mass is 35.5. The lowest BCUT2D eigenvalue weighted by atomic mass is 10.1. The first kappa shape index (κ1) is 18.2. The van der Waals surface area contributed by atoms with Crippen molar-refractivity contribution in [2.75, 3.05) is 39.6 Å². The lowest BCUT2D eigenvalue weighted by molar-refractivity contribution is 0.0121. The minimum atomic E-state index is 0.213. The van der Waals surface area contributed by atoms with Gasteiger partial charge in [0.2, 0.25) is 0 Å². The van der Waals surface area contributed by atoms with Crippen LogP contribution in [0, 0.1) is 5.92 Å². The molecule has 2 atom stereocenters. The topological polar surface area (TPSA) is 27.7 Å². The number of rotatable bonds is 13. The van der Waals surface area contributed by atoms with E-state index in [2.05, 4.69) is 13.8 Å². The summed E-state index contributed by atoms with van der Waals surface area (Å²) in [6.45, 7) is 10.5. The molecule has 3 nitrogen and oxygen atoms in total. The Kier molecular flexibility index (Phi) is 13.7. The van der Waals surface area contributed by atoms with Gasteiger partial charge in [-0.15, -0.1) is 11.6 Å². The Morgan fingerprint density at radius 2 is 1.33 bits per heavy atom. The van der Waals surface area contributed by atoms with Crippen LogP contribution in [0.4, 0.5) is 0 Å². The predicted octanol–water partition coefficient (Wildman–Crippen LogP) is 3.49. The maximum atomic E-state index is 5.97. The average molecular weight is 281 g/mol. The molecule has 18 heavy (non-hydrogen) atoms. The van der Waals surface area contributed by atoms with Crippen molar-refractivity contribution in [2.24, 2.45) is 5.92 Å². The Hall–Kier alpha value is 0.170. The molecular weight excluding hydrogens is 252 g/mol. The fourth-order valence-electron chi connectivity index (χ4n) is 1.29. The van der Waals surface area contributed by atoms with E-state index < -0.39 is 0 Å². The highest BCUT2D eigenvalue weighted by Gasteiger charge is 2.07. The van der Waals surface area contributed by atoms with E-state index in [1.807, 2.05) is 6.92 Å². The van der Waals surface area contributed by atoms with E-state index in [1.165, 1.54) is 6.42 Å². The Labute approximate surface area is 117 Å². The summed E-state index contributed by atoms with van der Waals surface area (Å²) in [5, 5.41) is 0.213. The largest absolute Gasteiger partial charge is 0.379 e. The second kappa shape index (κ2) is 13.6. The van der Waals surface area contributed by atoms with Crippen molar-refractivity contribution in [2.45, 2.75) is 45.4 Å². The van der Waals surface area contributed by atoms with E-state index in [1.54, 1.807) is 0 Å². The van der Waals surface area contributed by atoms with Gasteiger partial charge in [0.15, 0.2) is 0 Å². The first-order valence-corrected chi connectivity index (χ1v) is 7.49. The SMILES string of the molecule is CCCCOCCOCCOCCC(C)C(C)Cl. The summed E-state index contributed by atoms with van der Waals surface area (Å²) >= 11 is 5.97. The van der Waals surface area contributed by atoms with Crippen molar-refractivity contribution in [3.8, 4) is 0 Å². The molecule has 0 aliphatic rings. The lowest BCUT2D eigenvalue weighted by Gasteiger charge is -2.13. The van der Waals surface area contributed by atoms with Gasteiger partial charge in [0.1, 0.15) is 0 Å². The summed E-state index contributed by atoms with van der Waals surface area (Å²) in [5.74, 6) is 0.500. The Balaban J connectivity index is 3.03. The molecule has 0 aromatic heterocycles. The quantitative estimate of drug-likeness (QED) is 0.382. The fraction of sp³-hybridized carbons (Fsp3) is 1.00. The van der Waals surface area contributed by atoms with Crippen LogP contribution < -0.4 is 0 Å². The molecule has 0 heterocycles. The average Bonchev–Trinajstić information content (AvgIpc) is 2.35. The fourth-order valence-corrected chi connectivity index (χ4v) is 1.41. The number of unbranched alkanes of at least 4 members (excludes halogenated alkanes) is 1. The van der Waals surface area contributed by atoms with Crippen LogP contribution in [-0.2, 0) is 14.2 Å². The molecule has 0 aliphatic heterocycles. The Morgan fingerprint density at radius 1 is 0.833 bits per heavy atom. The van der Waals surface area contributed by atoms with Gasteiger partial charge in [0, 0.05) is 18.6 Å². The number of hydrogen-bond acceptors (Lipinski definition) is 3. The van der Waals surface area contributed by atoms with E-state index in [0.29, 0.717) is 32.3 Å². The third-order valence-electron chi connectivity index (χ3n) is 2.89. The standard InChI is InChI=1S/C14H29ClO3/c1-4-5-7-16-9-11-18-12-10-17-8-6-13(2)14(3)15/h13-14H,4-12H2,1-3H3. The van der Waals surface area contributed by atoms with Crippen molar-refractivity contribution < 1.29 is 14.2 Å². The van der Waals surface area contributed by atoms with Gasteiger partial charge in [-0.3, -0.25) is 0 Å². The molecule has 0 radical (unpaired) electrons. The molecule has 0 bridgehead atoms. The Bertz CT molecular complexity index is 165. The van der Waals surface area contributed by atoms with E-state index in [0.717, 1.165) is 26.1 Å². The molecule has 0 aromatic rings. The van der Waals surface area contributed by atoms with E-state index in [4.69, 9.17) is 25.8 Å². The second-order valence-corrected chi connectivity index (χ2v) is 5.32. The molecule has 2 unspecified atom stereocenters. The van der Waals surface area contributed by atoms with Crippen molar-refractivity contribution in [1.82, 2.24) is 0 Å². The summed E-state index contributed by atoms with van der Waals surface area (Å²) < 4.78 is 16.2. The number of halogens is 1. The van der Waals surface area contributed by atoms with Crippen molar-refractivity contribution >= 4 is 11.6 Å². The second-order valence-electron chi connectivity index (χ2n) is 4.63. The van der Waals surface area contributed by atoms with Crippen LogP contribution in [0.15, 0.2) is 0 Å². The van der Waals surface area contributed by atoms with Crippen LogP contribution in [0.3, 0.4) is 0 Å². The lowest BCUT2D eigenvalue weighted by Crippen LogP contribution is -2.13. The molecular formula is C14H29ClO3. The molecule has 0 rings (SSSR count). The first-order valence-electron chi connectivity index (χ1n) is 7.05. The zero-order valence-corrected chi connectivity index (χ0v) is 12.9. The number of ether oxygens (including phenoxy) is 3. The van der Waals surface area contributed by atoms with Gasteiger partial charge in [0.05, 0.1) is 26.4 Å². The zero-order chi connectivity index (χ0) is 13.6. The zero-order valence-electron chi connectivity index (χ0n) is 12.1. The van der Waals surface area contributed by atoms with Crippen molar-refractivity contribution in [1.29, 1.82) is 0 Å². The molecule has 0 amide bonds. The summed E-state index contributed by atoms with van der Waals surface area (Å²) in [5.41, 5.74) is 0. The molecule has 0 fully saturated rings. The summed E-state index contributed by atoms with van der Waals surface area (Å²) in [6, 6.07) is 0. The maximum Gasteiger partial charge on any atom is 0.0701 e. The normalized spacial score (nSPS) is 14.7. The summed E-state index contributed by atoms with van der Waals surface area (Å²) in [4.78, 5) is 0. The molecule has 0 saturated carbocycles. The smallest absolute Gasteiger partial charge is 0.0701 e. The van der Waals surface area contributed by atoms with E-state index >= 15 is 0 Å².